The third kappa shape index (κ3) is 4.43. The smallest absolute Gasteiger partial charge is 0.280 e. The van der Waals surface area contributed by atoms with Crippen molar-refractivity contribution in [3.63, 3.8) is 0 Å². The molecule has 0 radical (unpaired) electrons. The molecule has 0 spiro atoms. The molecule has 0 saturated heterocycles. The number of ether oxygens (including phenoxy) is 1. The SMILES string of the molecule is CN(C)CCOc1cc(-n2[nH]cc(-c3cccnc3)c2=O)ncn1.Cl. The standard InChI is InChI=1S/C16H18N6O2.ClH/c1-21(2)6-7-24-15-8-14(18-11-19-15)22-16(23)13(10-20-22)12-4-3-5-17-9-12;/h3-5,8-11,20H,6-7H2,1-2H3;1H. The lowest BCUT2D eigenvalue weighted by molar-refractivity contribution is 0.253. The van der Waals surface area contributed by atoms with E-state index in [4.69, 9.17) is 4.74 Å². The number of halogens is 1. The van der Waals surface area contributed by atoms with Crippen molar-refractivity contribution in [2.24, 2.45) is 0 Å². The Kier molecular flexibility index (Phi) is 6.26. The van der Waals surface area contributed by atoms with Crippen LogP contribution < -0.4 is 10.3 Å². The largest absolute Gasteiger partial charge is 0.476 e. The van der Waals surface area contributed by atoms with E-state index in [0.717, 1.165) is 12.1 Å². The molecule has 0 bridgehead atoms. The summed E-state index contributed by atoms with van der Waals surface area (Å²) in [6, 6.07) is 5.24. The lowest BCUT2D eigenvalue weighted by atomic mass is 10.2. The number of nitrogens with zero attached hydrogens (tertiary/aromatic N) is 5. The quantitative estimate of drug-likeness (QED) is 0.712. The average Bonchev–Trinajstić information content (AvgIpc) is 2.97. The summed E-state index contributed by atoms with van der Waals surface area (Å²) >= 11 is 0. The summed E-state index contributed by atoms with van der Waals surface area (Å²) in [7, 11) is 3.93. The number of likely N-dealkylation sites (N-methyl/N-ethyl adjacent to an activating group) is 1. The van der Waals surface area contributed by atoms with Gasteiger partial charge in [-0.1, -0.05) is 6.07 Å². The van der Waals surface area contributed by atoms with Crippen molar-refractivity contribution in [1.29, 1.82) is 0 Å². The molecule has 3 rings (SSSR count). The van der Waals surface area contributed by atoms with Crippen LogP contribution in [-0.4, -0.2) is 56.9 Å². The van der Waals surface area contributed by atoms with Gasteiger partial charge >= 0.3 is 0 Å². The number of aromatic amines is 1. The maximum atomic E-state index is 12.6. The lowest BCUT2D eigenvalue weighted by Crippen LogP contribution is -2.20. The van der Waals surface area contributed by atoms with Crippen LogP contribution in [0.2, 0.25) is 0 Å². The Morgan fingerprint density at radius 3 is 2.88 bits per heavy atom. The highest BCUT2D eigenvalue weighted by Crippen LogP contribution is 2.14. The zero-order valence-corrected chi connectivity index (χ0v) is 14.7. The monoisotopic (exact) mass is 362 g/mol. The minimum absolute atomic E-state index is 0. The van der Waals surface area contributed by atoms with E-state index >= 15 is 0 Å². The van der Waals surface area contributed by atoms with Crippen LogP contribution in [0.4, 0.5) is 0 Å². The highest BCUT2D eigenvalue weighted by molar-refractivity contribution is 5.85. The van der Waals surface area contributed by atoms with Gasteiger partial charge in [0.2, 0.25) is 5.88 Å². The van der Waals surface area contributed by atoms with Gasteiger partial charge in [-0.15, -0.1) is 12.4 Å². The molecule has 8 nitrogen and oxygen atoms in total. The highest BCUT2D eigenvalue weighted by Gasteiger charge is 2.11. The molecule has 3 heterocycles. The minimum atomic E-state index is -0.207. The number of hydrogen-bond acceptors (Lipinski definition) is 6. The first kappa shape index (κ1) is 18.6. The number of nitrogens with one attached hydrogen (secondary N) is 1. The topological polar surface area (TPSA) is 88.9 Å². The van der Waals surface area contributed by atoms with Gasteiger partial charge in [-0.3, -0.25) is 14.9 Å². The fourth-order valence-corrected chi connectivity index (χ4v) is 2.13. The molecule has 0 aliphatic heterocycles. The molecule has 1 N–H and O–H groups in total. The Bertz CT molecular complexity index is 862. The van der Waals surface area contributed by atoms with Crippen LogP contribution in [-0.2, 0) is 0 Å². The van der Waals surface area contributed by atoms with E-state index in [9.17, 15) is 4.79 Å². The Balaban J connectivity index is 0.00000225. The molecule has 25 heavy (non-hydrogen) atoms. The van der Waals surface area contributed by atoms with Gasteiger partial charge in [-0.25, -0.2) is 14.6 Å². The number of aromatic nitrogens is 5. The summed E-state index contributed by atoms with van der Waals surface area (Å²) in [5.41, 5.74) is 1.06. The third-order valence-electron chi connectivity index (χ3n) is 3.39. The van der Waals surface area contributed by atoms with Crippen molar-refractivity contribution in [3.8, 4) is 22.8 Å². The van der Waals surface area contributed by atoms with Crippen LogP contribution in [0.1, 0.15) is 0 Å². The van der Waals surface area contributed by atoms with Crippen molar-refractivity contribution in [1.82, 2.24) is 29.6 Å². The van der Waals surface area contributed by atoms with E-state index in [1.54, 1.807) is 30.7 Å². The van der Waals surface area contributed by atoms with Gasteiger partial charge in [0, 0.05) is 36.8 Å². The van der Waals surface area contributed by atoms with E-state index in [-0.39, 0.29) is 18.0 Å². The molecule has 132 valence electrons. The van der Waals surface area contributed by atoms with E-state index in [0.29, 0.717) is 23.9 Å². The van der Waals surface area contributed by atoms with Gasteiger partial charge in [0.1, 0.15) is 12.9 Å². The Morgan fingerprint density at radius 1 is 1.32 bits per heavy atom. The molecule has 0 amide bonds. The fraction of sp³-hybridized carbons (Fsp3) is 0.250. The molecule has 0 fully saturated rings. The molecular weight excluding hydrogens is 344 g/mol. The average molecular weight is 363 g/mol. The Hall–Kier alpha value is -2.71. The normalized spacial score (nSPS) is 10.5. The van der Waals surface area contributed by atoms with Crippen molar-refractivity contribution in [2.75, 3.05) is 27.2 Å². The molecule has 3 aromatic rings. The summed E-state index contributed by atoms with van der Waals surface area (Å²) in [4.78, 5) is 26.8. The van der Waals surface area contributed by atoms with Crippen LogP contribution in [0.3, 0.4) is 0 Å². The maximum Gasteiger partial charge on any atom is 0.280 e. The highest BCUT2D eigenvalue weighted by atomic mass is 35.5. The molecule has 0 unspecified atom stereocenters. The van der Waals surface area contributed by atoms with Crippen molar-refractivity contribution >= 4 is 12.4 Å². The third-order valence-corrected chi connectivity index (χ3v) is 3.39. The molecular formula is C16H19ClN6O2. The second-order valence-electron chi connectivity index (χ2n) is 5.44. The number of hydrogen-bond donors (Lipinski definition) is 1. The minimum Gasteiger partial charge on any atom is -0.476 e. The van der Waals surface area contributed by atoms with Crippen LogP contribution >= 0.6 is 12.4 Å². The van der Waals surface area contributed by atoms with Gasteiger partial charge in [0.25, 0.3) is 5.56 Å². The fourth-order valence-electron chi connectivity index (χ4n) is 2.13. The Morgan fingerprint density at radius 2 is 2.16 bits per heavy atom. The van der Waals surface area contributed by atoms with Gasteiger partial charge in [0.15, 0.2) is 5.82 Å². The molecule has 0 aliphatic carbocycles. The predicted octanol–water partition coefficient (Wildman–Crippen LogP) is 1.38. The summed E-state index contributed by atoms with van der Waals surface area (Å²) in [5.74, 6) is 0.844. The van der Waals surface area contributed by atoms with Gasteiger partial charge in [-0.05, 0) is 20.2 Å². The zero-order valence-electron chi connectivity index (χ0n) is 13.9. The summed E-state index contributed by atoms with van der Waals surface area (Å²) in [6.07, 6.45) is 6.31. The van der Waals surface area contributed by atoms with Gasteiger partial charge < -0.3 is 9.64 Å². The van der Waals surface area contributed by atoms with Crippen LogP contribution in [0.25, 0.3) is 16.9 Å². The number of H-pyrrole nitrogens is 1. The van der Waals surface area contributed by atoms with Crippen LogP contribution in [0.5, 0.6) is 5.88 Å². The number of pyridine rings is 1. The van der Waals surface area contributed by atoms with E-state index < -0.39 is 0 Å². The zero-order chi connectivity index (χ0) is 16.9. The molecule has 0 aromatic carbocycles. The predicted molar refractivity (Wildman–Crippen MR) is 96.5 cm³/mol. The van der Waals surface area contributed by atoms with Gasteiger partial charge in [0.05, 0.1) is 5.56 Å². The second-order valence-corrected chi connectivity index (χ2v) is 5.44. The summed E-state index contributed by atoms with van der Waals surface area (Å²) < 4.78 is 6.93. The summed E-state index contributed by atoms with van der Waals surface area (Å²) in [6.45, 7) is 1.27. The molecule has 0 saturated carbocycles. The second kappa shape index (κ2) is 8.41. The summed E-state index contributed by atoms with van der Waals surface area (Å²) in [5, 5.41) is 2.91. The Labute approximate surface area is 150 Å². The molecule has 3 aromatic heterocycles. The van der Waals surface area contributed by atoms with Crippen molar-refractivity contribution < 1.29 is 4.74 Å². The van der Waals surface area contributed by atoms with Crippen LogP contribution in [0.15, 0.2) is 47.9 Å². The molecule has 0 atom stereocenters. The first-order chi connectivity index (χ1) is 11.6. The first-order valence-electron chi connectivity index (χ1n) is 7.46. The molecule has 9 heteroatoms. The van der Waals surface area contributed by atoms with Crippen LogP contribution in [0, 0.1) is 0 Å². The van der Waals surface area contributed by atoms with Gasteiger partial charge in [-0.2, -0.15) is 0 Å². The molecule has 0 aliphatic rings. The van der Waals surface area contributed by atoms with E-state index in [1.165, 1.54) is 11.0 Å². The lowest BCUT2D eigenvalue weighted by Gasteiger charge is -2.10. The maximum absolute atomic E-state index is 12.6. The number of rotatable bonds is 6. The van der Waals surface area contributed by atoms with Crippen molar-refractivity contribution in [2.45, 2.75) is 0 Å². The first-order valence-corrected chi connectivity index (χ1v) is 7.46. The van der Waals surface area contributed by atoms with E-state index in [1.807, 2.05) is 25.1 Å². The van der Waals surface area contributed by atoms with Crippen molar-refractivity contribution in [3.05, 3.63) is 53.5 Å². The van der Waals surface area contributed by atoms with E-state index in [2.05, 4.69) is 20.1 Å².